The van der Waals surface area contributed by atoms with Crippen LogP contribution in [0.5, 0.6) is 5.75 Å². The molecular weight excluding hydrogens is 452 g/mol. The number of hydrogen-bond donors (Lipinski definition) is 1. The fourth-order valence-electron chi connectivity index (χ4n) is 5.38. The van der Waals surface area contributed by atoms with E-state index in [0.29, 0.717) is 0 Å². The summed E-state index contributed by atoms with van der Waals surface area (Å²) in [6.07, 6.45) is 37.0. The van der Waals surface area contributed by atoms with E-state index in [1.54, 1.807) is 0 Å². The maximum absolute atomic E-state index is 9.34. The average molecular weight is 517 g/mol. The highest BCUT2D eigenvalue weighted by atomic mass is 16.5. The summed E-state index contributed by atoms with van der Waals surface area (Å²) in [7, 11) is 0. The molecule has 216 valence electrons. The van der Waals surface area contributed by atoms with Crippen LogP contribution in [0.1, 0.15) is 179 Å². The fraction of sp³-hybridized carbons (Fsp3) is 0.829. The van der Waals surface area contributed by atoms with Gasteiger partial charge in [-0.3, -0.25) is 0 Å². The monoisotopic (exact) mass is 516 g/mol. The first-order valence-corrected chi connectivity index (χ1v) is 16.7. The Bertz CT molecular complexity index is 570. The van der Waals surface area contributed by atoms with E-state index in [9.17, 15) is 5.11 Å². The highest BCUT2D eigenvalue weighted by Crippen LogP contribution is 2.19. The molecule has 0 aliphatic heterocycles. The van der Waals surface area contributed by atoms with Crippen molar-refractivity contribution >= 4 is 0 Å². The van der Waals surface area contributed by atoms with Crippen LogP contribution in [-0.4, -0.2) is 11.7 Å². The predicted octanol–water partition coefficient (Wildman–Crippen LogP) is 11.7. The summed E-state index contributed by atoms with van der Waals surface area (Å²) in [5.41, 5.74) is 0.886. The van der Waals surface area contributed by atoms with Crippen LogP contribution in [0.3, 0.4) is 0 Å². The van der Waals surface area contributed by atoms with E-state index < -0.39 is 0 Å². The standard InChI is InChI=1S/C35H64O2/c1-2-3-4-5-6-7-8-9-10-11-12-13-14-15-16-17-18-19-20-21-22-23-24-25-26-29-32-37-35-31-28-27-30-34(35)33-36/h27-28,30-31,36H,2-26,29,32-33H2,1H3. The molecule has 0 unspecified atom stereocenters. The molecule has 0 spiro atoms. The Hall–Kier alpha value is -1.02. The molecule has 0 amide bonds. The van der Waals surface area contributed by atoms with Crippen LogP contribution in [-0.2, 0) is 6.61 Å². The van der Waals surface area contributed by atoms with Crippen LogP contribution in [0.15, 0.2) is 24.3 Å². The highest BCUT2D eigenvalue weighted by Gasteiger charge is 2.01. The molecule has 1 aromatic carbocycles. The minimum absolute atomic E-state index is 0.0513. The van der Waals surface area contributed by atoms with Crippen LogP contribution >= 0.6 is 0 Å². The summed E-state index contributed by atoms with van der Waals surface area (Å²) in [5, 5.41) is 9.34. The van der Waals surface area contributed by atoms with Gasteiger partial charge in [-0.1, -0.05) is 186 Å². The van der Waals surface area contributed by atoms with Gasteiger partial charge in [0.1, 0.15) is 5.75 Å². The highest BCUT2D eigenvalue weighted by molar-refractivity contribution is 5.32. The number of para-hydroxylation sites is 1. The van der Waals surface area contributed by atoms with Gasteiger partial charge in [-0.05, 0) is 12.5 Å². The SMILES string of the molecule is CCCCCCCCCCCCCCCCCCCCCCCCCCCCOc1ccccc1CO. The molecule has 0 aliphatic rings. The zero-order valence-electron chi connectivity index (χ0n) is 25.0. The lowest BCUT2D eigenvalue weighted by molar-refractivity contribution is 0.260. The Labute approximate surface area is 232 Å². The summed E-state index contributed by atoms with van der Waals surface area (Å²) < 4.78 is 5.82. The van der Waals surface area contributed by atoms with Gasteiger partial charge in [0.25, 0.3) is 0 Å². The largest absolute Gasteiger partial charge is 0.493 e. The third-order valence-electron chi connectivity index (χ3n) is 7.90. The Morgan fingerprint density at radius 2 is 0.784 bits per heavy atom. The van der Waals surface area contributed by atoms with Gasteiger partial charge in [0, 0.05) is 5.56 Å². The quantitative estimate of drug-likeness (QED) is 0.107. The smallest absolute Gasteiger partial charge is 0.124 e. The van der Waals surface area contributed by atoms with Crippen molar-refractivity contribution in [2.24, 2.45) is 0 Å². The van der Waals surface area contributed by atoms with Crippen LogP contribution in [0.25, 0.3) is 0 Å². The topological polar surface area (TPSA) is 29.5 Å². The summed E-state index contributed by atoms with van der Waals surface area (Å²) in [6.45, 7) is 3.11. The first-order chi connectivity index (χ1) is 18.4. The molecule has 1 aromatic rings. The first kappa shape index (κ1) is 34.0. The zero-order valence-corrected chi connectivity index (χ0v) is 25.0. The molecule has 2 heteroatoms. The van der Waals surface area contributed by atoms with Crippen molar-refractivity contribution in [1.29, 1.82) is 0 Å². The van der Waals surface area contributed by atoms with Gasteiger partial charge < -0.3 is 9.84 Å². The molecule has 37 heavy (non-hydrogen) atoms. The molecule has 0 heterocycles. The summed E-state index contributed by atoms with van der Waals surface area (Å²) in [6, 6.07) is 7.79. The van der Waals surface area contributed by atoms with E-state index >= 15 is 0 Å². The molecule has 0 saturated carbocycles. The van der Waals surface area contributed by atoms with Gasteiger partial charge in [0.05, 0.1) is 13.2 Å². The third-order valence-corrected chi connectivity index (χ3v) is 7.90. The molecule has 0 radical (unpaired) electrons. The summed E-state index contributed by atoms with van der Waals surface area (Å²) in [5.74, 6) is 0.838. The third kappa shape index (κ3) is 22.7. The maximum atomic E-state index is 9.34. The lowest BCUT2D eigenvalue weighted by Gasteiger charge is -2.09. The number of unbranched alkanes of at least 4 members (excludes halogenated alkanes) is 25. The molecule has 0 bridgehead atoms. The van der Waals surface area contributed by atoms with E-state index in [2.05, 4.69) is 6.92 Å². The molecular formula is C35H64O2. The molecule has 1 N–H and O–H groups in total. The molecule has 0 atom stereocenters. The van der Waals surface area contributed by atoms with Crippen LogP contribution in [0.4, 0.5) is 0 Å². The molecule has 0 saturated heterocycles. The second-order valence-electron chi connectivity index (χ2n) is 11.5. The van der Waals surface area contributed by atoms with Crippen molar-refractivity contribution in [3.05, 3.63) is 29.8 Å². The van der Waals surface area contributed by atoms with Crippen molar-refractivity contribution in [2.45, 2.75) is 180 Å². The van der Waals surface area contributed by atoms with Crippen molar-refractivity contribution in [1.82, 2.24) is 0 Å². The molecule has 1 rings (SSSR count). The number of hydrogen-bond acceptors (Lipinski definition) is 2. The van der Waals surface area contributed by atoms with E-state index in [0.717, 1.165) is 24.3 Å². The average Bonchev–Trinajstić information content (AvgIpc) is 2.92. The number of rotatable bonds is 29. The van der Waals surface area contributed by atoms with Crippen LogP contribution in [0.2, 0.25) is 0 Å². The number of aliphatic hydroxyl groups excluding tert-OH is 1. The lowest BCUT2D eigenvalue weighted by atomic mass is 10.0. The number of ether oxygens (including phenoxy) is 1. The molecule has 0 aliphatic carbocycles. The lowest BCUT2D eigenvalue weighted by Crippen LogP contribution is -2.00. The minimum Gasteiger partial charge on any atom is -0.493 e. The van der Waals surface area contributed by atoms with Gasteiger partial charge >= 0.3 is 0 Å². The maximum Gasteiger partial charge on any atom is 0.124 e. The van der Waals surface area contributed by atoms with E-state index in [1.807, 2.05) is 24.3 Å². The Morgan fingerprint density at radius 3 is 1.14 bits per heavy atom. The van der Waals surface area contributed by atoms with Crippen molar-refractivity contribution in [2.75, 3.05) is 6.61 Å². The zero-order chi connectivity index (χ0) is 26.5. The summed E-state index contributed by atoms with van der Waals surface area (Å²) in [4.78, 5) is 0. The normalized spacial score (nSPS) is 11.3. The molecule has 0 aromatic heterocycles. The fourth-order valence-corrected chi connectivity index (χ4v) is 5.38. The van der Waals surface area contributed by atoms with Crippen molar-refractivity contribution in [3.63, 3.8) is 0 Å². The van der Waals surface area contributed by atoms with Crippen LogP contribution in [0, 0.1) is 0 Å². The van der Waals surface area contributed by atoms with E-state index in [1.165, 1.54) is 161 Å². The van der Waals surface area contributed by atoms with Crippen molar-refractivity contribution < 1.29 is 9.84 Å². The number of aliphatic hydroxyl groups is 1. The molecule has 2 nitrogen and oxygen atoms in total. The Morgan fingerprint density at radius 1 is 0.459 bits per heavy atom. The predicted molar refractivity (Wildman–Crippen MR) is 164 cm³/mol. The van der Waals surface area contributed by atoms with Gasteiger partial charge in [-0.15, -0.1) is 0 Å². The van der Waals surface area contributed by atoms with Gasteiger partial charge in [-0.25, -0.2) is 0 Å². The first-order valence-electron chi connectivity index (χ1n) is 16.7. The van der Waals surface area contributed by atoms with Gasteiger partial charge in [0.15, 0.2) is 0 Å². The number of benzene rings is 1. The van der Waals surface area contributed by atoms with Crippen LogP contribution < -0.4 is 4.74 Å². The second kappa shape index (κ2) is 28.0. The van der Waals surface area contributed by atoms with E-state index in [-0.39, 0.29) is 6.61 Å². The minimum atomic E-state index is 0.0513. The van der Waals surface area contributed by atoms with Gasteiger partial charge in [-0.2, -0.15) is 0 Å². The van der Waals surface area contributed by atoms with E-state index in [4.69, 9.17) is 4.74 Å². The van der Waals surface area contributed by atoms with Crippen molar-refractivity contribution in [3.8, 4) is 5.75 Å². The summed E-state index contributed by atoms with van der Waals surface area (Å²) >= 11 is 0. The molecule has 0 fully saturated rings. The van der Waals surface area contributed by atoms with Gasteiger partial charge in [0.2, 0.25) is 0 Å². The second-order valence-corrected chi connectivity index (χ2v) is 11.5. The Balaban J connectivity index is 1.68. The Kier molecular flexibility index (Phi) is 25.7.